The number of ether oxygens (including phenoxy) is 1. The number of allylic oxidation sites excluding steroid dienone is 1. The number of hydrogen-bond acceptors (Lipinski definition) is 5. The summed E-state index contributed by atoms with van der Waals surface area (Å²) in [7, 11) is -3.86. The third-order valence-corrected chi connectivity index (χ3v) is 6.46. The summed E-state index contributed by atoms with van der Waals surface area (Å²) >= 11 is 1.20. The fourth-order valence-corrected chi connectivity index (χ4v) is 4.94. The van der Waals surface area contributed by atoms with Crippen LogP contribution in [0.5, 0.6) is 0 Å². The molecule has 6 nitrogen and oxygen atoms in total. The van der Waals surface area contributed by atoms with Crippen molar-refractivity contribution < 1.29 is 17.9 Å². The van der Waals surface area contributed by atoms with Crippen LogP contribution in [0.1, 0.15) is 22.8 Å². The summed E-state index contributed by atoms with van der Waals surface area (Å²) in [6.45, 7) is 8.04. The van der Waals surface area contributed by atoms with Crippen molar-refractivity contribution >= 4 is 37.5 Å². The highest BCUT2D eigenvalue weighted by Crippen LogP contribution is 2.21. The Morgan fingerprint density at radius 3 is 2.61 bits per heavy atom. The molecular weight excluding hydrogens is 396 g/mol. The zero-order chi connectivity index (χ0) is 20.3. The van der Waals surface area contributed by atoms with Crippen LogP contribution in [0.3, 0.4) is 0 Å². The Bertz CT molecular complexity index is 1200. The van der Waals surface area contributed by atoms with Crippen LogP contribution in [0.25, 0.3) is 10.2 Å². The van der Waals surface area contributed by atoms with E-state index in [2.05, 4.69) is 11.0 Å². The van der Waals surface area contributed by atoms with Gasteiger partial charge in [-0.05, 0) is 44.2 Å². The Kier molecular flexibility index (Phi) is 5.81. The van der Waals surface area contributed by atoms with Gasteiger partial charge in [0, 0.05) is 6.54 Å². The zero-order valence-corrected chi connectivity index (χ0v) is 17.2. The fourth-order valence-electron chi connectivity index (χ4n) is 2.66. The molecule has 0 amide bonds. The lowest BCUT2D eigenvalue weighted by atomic mass is 10.2. The molecule has 28 heavy (non-hydrogen) atoms. The molecule has 146 valence electrons. The van der Waals surface area contributed by atoms with Crippen molar-refractivity contribution in [3.63, 3.8) is 0 Å². The smallest absolute Gasteiger partial charge is 0.338 e. The van der Waals surface area contributed by atoms with Crippen molar-refractivity contribution in [1.82, 2.24) is 4.57 Å². The van der Waals surface area contributed by atoms with Gasteiger partial charge in [-0.2, -0.15) is 8.42 Å². The largest absolute Gasteiger partial charge is 0.462 e. The van der Waals surface area contributed by atoms with E-state index in [9.17, 15) is 13.2 Å². The first-order valence-electron chi connectivity index (χ1n) is 8.65. The molecule has 0 N–H and O–H groups in total. The summed E-state index contributed by atoms with van der Waals surface area (Å²) in [6, 6.07) is 11.7. The maximum absolute atomic E-state index is 12.7. The van der Waals surface area contributed by atoms with Gasteiger partial charge in [0.25, 0.3) is 10.0 Å². The van der Waals surface area contributed by atoms with Crippen molar-refractivity contribution in [3.8, 4) is 0 Å². The van der Waals surface area contributed by atoms with E-state index in [4.69, 9.17) is 4.74 Å². The van der Waals surface area contributed by atoms with E-state index in [1.54, 1.807) is 47.9 Å². The van der Waals surface area contributed by atoms with Gasteiger partial charge in [0.05, 0.1) is 27.3 Å². The number of nitrogens with zero attached hydrogens (tertiary/aromatic N) is 2. The van der Waals surface area contributed by atoms with Crippen LogP contribution in [-0.2, 0) is 21.3 Å². The molecule has 0 aliphatic carbocycles. The second kappa shape index (κ2) is 8.12. The zero-order valence-electron chi connectivity index (χ0n) is 15.6. The van der Waals surface area contributed by atoms with Crippen LogP contribution in [0, 0.1) is 6.92 Å². The third-order valence-electron chi connectivity index (χ3n) is 4.02. The van der Waals surface area contributed by atoms with Gasteiger partial charge in [0.1, 0.15) is 0 Å². The first-order chi connectivity index (χ1) is 13.4. The van der Waals surface area contributed by atoms with E-state index < -0.39 is 16.0 Å². The normalized spacial score (nSPS) is 12.3. The summed E-state index contributed by atoms with van der Waals surface area (Å²) in [6.07, 6.45) is 1.67. The number of carbonyl (C=O) groups excluding carboxylic acids is 1. The molecule has 0 saturated carbocycles. The highest BCUT2D eigenvalue weighted by Gasteiger charge is 2.15. The average molecular weight is 417 g/mol. The molecule has 0 saturated heterocycles. The van der Waals surface area contributed by atoms with E-state index in [1.165, 1.54) is 23.5 Å². The number of sulfonamides is 1. The van der Waals surface area contributed by atoms with Gasteiger partial charge in [0.15, 0.2) is 0 Å². The Hall–Kier alpha value is -2.71. The maximum Gasteiger partial charge on any atom is 0.338 e. The number of aryl methyl sites for hydroxylation is 1. The van der Waals surface area contributed by atoms with Crippen molar-refractivity contribution in [2.75, 3.05) is 6.61 Å². The molecule has 0 spiro atoms. The number of thiazole rings is 1. The second-order valence-corrected chi connectivity index (χ2v) is 8.68. The highest BCUT2D eigenvalue weighted by molar-refractivity contribution is 7.90. The van der Waals surface area contributed by atoms with E-state index in [1.807, 2.05) is 6.92 Å². The molecule has 0 unspecified atom stereocenters. The molecule has 0 radical (unpaired) electrons. The van der Waals surface area contributed by atoms with E-state index in [0.29, 0.717) is 16.9 Å². The predicted molar refractivity (Wildman–Crippen MR) is 110 cm³/mol. The van der Waals surface area contributed by atoms with Crippen LogP contribution in [0.2, 0.25) is 0 Å². The summed E-state index contributed by atoms with van der Waals surface area (Å²) in [5, 5.41) is 0. The lowest BCUT2D eigenvalue weighted by Gasteiger charge is -2.04. The van der Waals surface area contributed by atoms with Gasteiger partial charge >= 0.3 is 5.97 Å². The standard InChI is InChI=1S/C20H20N2O4S2/c1-4-12-22-17-11-8-15(19(23)26-5-2)13-18(17)27-20(22)21-28(24,25)16-9-6-14(3)7-10-16/h4,6-11,13H,1,5,12H2,2-3H3. The van der Waals surface area contributed by atoms with Crippen LogP contribution < -0.4 is 4.80 Å². The molecule has 8 heteroatoms. The predicted octanol–water partition coefficient (Wildman–Crippen LogP) is 3.66. The number of fused-ring (bicyclic) bond motifs is 1. The average Bonchev–Trinajstić information content (AvgIpc) is 2.98. The topological polar surface area (TPSA) is 77.7 Å². The summed E-state index contributed by atoms with van der Waals surface area (Å²) < 4.78 is 37.0. The number of benzene rings is 2. The van der Waals surface area contributed by atoms with E-state index >= 15 is 0 Å². The molecule has 0 atom stereocenters. The van der Waals surface area contributed by atoms with Crippen molar-refractivity contribution in [2.24, 2.45) is 4.40 Å². The van der Waals surface area contributed by atoms with Gasteiger partial charge in [0.2, 0.25) is 4.80 Å². The number of aromatic nitrogens is 1. The van der Waals surface area contributed by atoms with Crippen LogP contribution >= 0.6 is 11.3 Å². The Balaban J connectivity index is 2.17. The van der Waals surface area contributed by atoms with Crippen molar-refractivity contribution in [2.45, 2.75) is 25.3 Å². The molecule has 3 aromatic rings. The summed E-state index contributed by atoms with van der Waals surface area (Å²) in [5.74, 6) is -0.418. The van der Waals surface area contributed by atoms with Crippen LogP contribution in [0.4, 0.5) is 0 Å². The minimum atomic E-state index is -3.86. The molecular formula is C20H20N2O4S2. The maximum atomic E-state index is 12.7. The molecule has 0 fully saturated rings. The van der Waals surface area contributed by atoms with E-state index in [-0.39, 0.29) is 11.5 Å². The van der Waals surface area contributed by atoms with Gasteiger partial charge in [-0.25, -0.2) is 4.79 Å². The summed E-state index contributed by atoms with van der Waals surface area (Å²) in [5.41, 5.74) is 2.15. The second-order valence-electron chi connectivity index (χ2n) is 6.07. The first kappa shape index (κ1) is 20.0. The lowest BCUT2D eigenvalue weighted by Crippen LogP contribution is -2.16. The molecule has 1 heterocycles. The minimum absolute atomic E-state index is 0.132. The van der Waals surface area contributed by atoms with Gasteiger partial charge in [-0.3, -0.25) is 0 Å². The number of rotatable bonds is 6. The quantitative estimate of drug-likeness (QED) is 0.454. The van der Waals surface area contributed by atoms with Gasteiger partial charge in [-0.15, -0.1) is 11.0 Å². The molecule has 3 rings (SSSR count). The molecule has 1 aromatic heterocycles. The summed E-state index contributed by atoms with van der Waals surface area (Å²) in [4.78, 5) is 12.4. The van der Waals surface area contributed by atoms with Crippen LogP contribution in [-0.4, -0.2) is 25.6 Å². The van der Waals surface area contributed by atoms with Crippen molar-refractivity contribution in [1.29, 1.82) is 0 Å². The molecule has 0 bridgehead atoms. The highest BCUT2D eigenvalue weighted by atomic mass is 32.2. The Morgan fingerprint density at radius 1 is 1.25 bits per heavy atom. The Labute approximate surface area is 167 Å². The van der Waals surface area contributed by atoms with Crippen molar-refractivity contribution in [3.05, 3.63) is 71.0 Å². The Morgan fingerprint density at radius 2 is 1.96 bits per heavy atom. The number of hydrogen-bond donors (Lipinski definition) is 0. The first-order valence-corrected chi connectivity index (χ1v) is 10.9. The monoisotopic (exact) mass is 416 g/mol. The molecule has 0 aliphatic rings. The number of esters is 1. The van der Waals surface area contributed by atoms with Gasteiger partial charge < -0.3 is 9.30 Å². The molecule has 0 aliphatic heterocycles. The lowest BCUT2D eigenvalue weighted by molar-refractivity contribution is 0.0526. The number of carbonyl (C=O) groups is 1. The third kappa shape index (κ3) is 4.07. The minimum Gasteiger partial charge on any atom is -0.462 e. The van der Waals surface area contributed by atoms with E-state index in [0.717, 1.165) is 15.8 Å². The van der Waals surface area contributed by atoms with Crippen LogP contribution in [0.15, 0.2) is 64.4 Å². The van der Waals surface area contributed by atoms with Gasteiger partial charge in [-0.1, -0.05) is 35.1 Å². The molecule has 2 aromatic carbocycles. The fraction of sp³-hybridized carbons (Fsp3) is 0.200. The SMILES string of the molecule is C=CCn1c(=NS(=O)(=O)c2ccc(C)cc2)sc2cc(C(=O)OCC)ccc21.